The number of morpholine rings is 1. The first-order chi connectivity index (χ1) is 12.6. The minimum atomic E-state index is -0.541. The number of rotatable bonds is 6. The van der Waals surface area contributed by atoms with Gasteiger partial charge in [0, 0.05) is 31.8 Å². The highest BCUT2D eigenvalue weighted by atomic mass is 35.5. The summed E-state index contributed by atoms with van der Waals surface area (Å²) in [5.41, 5.74) is 1.38. The van der Waals surface area contributed by atoms with E-state index in [1.807, 2.05) is 12.1 Å². The van der Waals surface area contributed by atoms with Crippen LogP contribution >= 0.6 is 12.4 Å². The molecular weight excluding hydrogens is 372 g/mol. The summed E-state index contributed by atoms with van der Waals surface area (Å²) in [6, 6.07) is 12.7. The molecule has 2 aromatic carbocycles. The summed E-state index contributed by atoms with van der Waals surface area (Å²) >= 11 is 0. The Morgan fingerprint density at radius 1 is 1.07 bits per heavy atom. The molecule has 0 unspecified atom stereocenters. The number of carbonyl (C=O) groups is 1. The highest BCUT2D eigenvalue weighted by Gasteiger charge is 2.12. The van der Waals surface area contributed by atoms with Crippen molar-refractivity contribution in [1.29, 1.82) is 0 Å². The standard InChI is InChI=1S/C19H20N2O5.ClH/c22-19(16-3-5-17(6-4-16)21(23)24)26-18-7-1-15(2-8-18)9-10-20-11-13-25-14-12-20;/h1-8H,9-14H2;1H. The second-order valence-corrected chi connectivity index (χ2v) is 6.04. The topological polar surface area (TPSA) is 81.9 Å². The third kappa shape index (κ3) is 6.02. The Hall–Kier alpha value is -2.48. The summed E-state index contributed by atoms with van der Waals surface area (Å²) in [4.78, 5) is 24.6. The minimum Gasteiger partial charge on any atom is -0.423 e. The van der Waals surface area contributed by atoms with E-state index in [0.29, 0.717) is 5.75 Å². The van der Waals surface area contributed by atoms with Crippen LogP contribution in [-0.2, 0) is 11.2 Å². The average molecular weight is 393 g/mol. The Balaban J connectivity index is 0.00000261. The lowest BCUT2D eigenvalue weighted by molar-refractivity contribution is -0.384. The maximum Gasteiger partial charge on any atom is 0.343 e. The fourth-order valence-electron chi connectivity index (χ4n) is 2.72. The fraction of sp³-hybridized carbons (Fsp3) is 0.316. The van der Waals surface area contributed by atoms with E-state index < -0.39 is 10.9 Å². The largest absolute Gasteiger partial charge is 0.423 e. The van der Waals surface area contributed by atoms with Crippen molar-refractivity contribution in [3.05, 3.63) is 69.8 Å². The number of benzene rings is 2. The number of halogens is 1. The zero-order valence-corrected chi connectivity index (χ0v) is 15.5. The van der Waals surface area contributed by atoms with Crippen molar-refractivity contribution in [2.24, 2.45) is 0 Å². The van der Waals surface area contributed by atoms with Crippen molar-refractivity contribution < 1.29 is 19.2 Å². The van der Waals surface area contributed by atoms with Crippen LogP contribution < -0.4 is 4.74 Å². The minimum absolute atomic E-state index is 0. The lowest BCUT2D eigenvalue weighted by Gasteiger charge is -2.26. The van der Waals surface area contributed by atoms with Crippen LogP contribution in [0.4, 0.5) is 5.69 Å². The van der Waals surface area contributed by atoms with E-state index in [4.69, 9.17) is 9.47 Å². The van der Waals surface area contributed by atoms with Crippen molar-refractivity contribution in [3.63, 3.8) is 0 Å². The van der Waals surface area contributed by atoms with Gasteiger partial charge in [-0.05, 0) is 36.2 Å². The number of hydrogen-bond acceptors (Lipinski definition) is 6. The summed E-state index contributed by atoms with van der Waals surface area (Å²) in [5, 5.41) is 10.6. The van der Waals surface area contributed by atoms with Crippen LogP contribution in [0.2, 0.25) is 0 Å². The van der Waals surface area contributed by atoms with Crippen molar-refractivity contribution in [1.82, 2.24) is 4.90 Å². The quantitative estimate of drug-likeness (QED) is 0.325. The molecule has 0 saturated carbocycles. The molecule has 8 heteroatoms. The molecule has 2 aromatic rings. The summed E-state index contributed by atoms with van der Waals surface area (Å²) in [6.07, 6.45) is 0.927. The number of hydrogen-bond donors (Lipinski definition) is 0. The van der Waals surface area contributed by atoms with Gasteiger partial charge in [0.15, 0.2) is 0 Å². The van der Waals surface area contributed by atoms with E-state index in [-0.39, 0.29) is 23.7 Å². The third-order valence-corrected chi connectivity index (χ3v) is 4.27. The molecule has 0 spiro atoms. The predicted octanol–water partition coefficient (Wildman–Crippen LogP) is 3.11. The molecule has 0 N–H and O–H groups in total. The number of nitrogens with zero attached hydrogens (tertiary/aromatic N) is 2. The predicted molar refractivity (Wildman–Crippen MR) is 103 cm³/mol. The van der Waals surface area contributed by atoms with Crippen LogP contribution in [0.5, 0.6) is 5.75 Å². The van der Waals surface area contributed by atoms with Crippen LogP contribution in [0.3, 0.4) is 0 Å². The van der Waals surface area contributed by atoms with Crippen LogP contribution in [-0.4, -0.2) is 48.6 Å². The van der Waals surface area contributed by atoms with Crippen LogP contribution in [0.1, 0.15) is 15.9 Å². The molecule has 1 fully saturated rings. The lowest BCUT2D eigenvalue weighted by atomic mass is 10.1. The van der Waals surface area contributed by atoms with Crippen molar-refractivity contribution in [2.45, 2.75) is 6.42 Å². The SMILES string of the molecule is Cl.O=C(Oc1ccc(CCN2CCOCC2)cc1)c1ccc([N+](=O)[O-])cc1. The molecule has 1 heterocycles. The molecule has 1 aliphatic heterocycles. The molecule has 7 nitrogen and oxygen atoms in total. The number of non-ortho nitro benzene ring substituents is 1. The zero-order chi connectivity index (χ0) is 18.4. The number of ether oxygens (including phenoxy) is 2. The number of esters is 1. The number of nitro groups is 1. The van der Waals surface area contributed by atoms with E-state index >= 15 is 0 Å². The molecular formula is C19H21ClN2O5. The highest BCUT2D eigenvalue weighted by Crippen LogP contribution is 2.17. The van der Waals surface area contributed by atoms with Crippen molar-refractivity contribution >= 4 is 24.1 Å². The smallest absolute Gasteiger partial charge is 0.343 e. The Bertz CT molecular complexity index is 759. The number of nitro benzene ring substituents is 1. The first kappa shape index (κ1) is 20.8. The van der Waals surface area contributed by atoms with Gasteiger partial charge < -0.3 is 9.47 Å². The summed E-state index contributed by atoms with van der Waals surface area (Å²) in [6.45, 7) is 4.48. The summed E-state index contributed by atoms with van der Waals surface area (Å²) in [5.74, 6) is -0.0931. The molecule has 0 amide bonds. The van der Waals surface area contributed by atoms with Crippen LogP contribution in [0.15, 0.2) is 48.5 Å². The van der Waals surface area contributed by atoms with Gasteiger partial charge in [0.25, 0.3) is 5.69 Å². The second kappa shape index (κ2) is 10.0. The first-order valence-electron chi connectivity index (χ1n) is 8.47. The monoisotopic (exact) mass is 392 g/mol. The van der Waals surface area contributed by atoms with Gasteiger partial charge in [-0.15, -0.1) is 12.4 Å². The molecule has 0 aliphatic carbocycles. The average Bonchev–Trinajstić information content (AvgIpc) is 2.68. The Labute approximate surface area is 163 Å². The molecule has 0 bridgehead atoms. The molecule has 27 heavy (non-hydrogen) atoms. The Morgan fingerprint density at radius 2 is 1.70 bits per heavy atom. The molecule has 3 rings (SSSR count). The number of carbonyl (C=O) groups excluding carboxylic acids is 1. The fourth-order valence-corrected chi connectivity index (χ4v) is 2.72. The molecule has 0 atom stereocenters. The first-order valence-corrected chi connectivity index (χ1v) is 8.47. The maximum absolute atomic E-state index is 12.1. The van der Waals surface area contributed by atoms with Crippen molar-refractivity contribution in [2.75, 3.05) is 32.8 Å². The van der Waals surface area contributed by atoms with Gasteiger partial charge in [-0.2, -0.15) is 0 Å². The van der Waals surface area contributed by atoms with Gasteiger partial charge in [-0.3, -0.25) is 15.0 Å². The second-order valence-electron chi connectivity index (χ2n) is 6.04. The lowest BCUT2D eigenvalue weighted by Crippen LogP contribution is -2.37. The Morgan fingerprint density at radius 3 is 2.30 bits per heavy atom. The zero-order valence-electron chi connectivity index (χ0n) is 14.7. The van der Waals surface area contributed by atoms with E-state index in [2.05, 4.69) is 4.90 Å². The van der Waals surface area contributed by atoms with E-state index in [1.54, 1.807) is 12.1 Å². The van der Waals surface area contributed by atoms with Crippen molar-refractivity contribution in [3.8, 4) is 5.75 Å². The van der Waals surface area contributed by atoms with E-state index in [0.717, 1.165) is 39.3 Å². The van der Waals surface area contributed by atoms with E-state index in [1.165, 1.54) is 29.8 Å². The van der Waals surface area contributed by atoms with Gasteiger partial charge in [0.2, 0.25) is 0 Å². The molecule has 144 valence electrons. The molecule has 0 aromatic heterocycles. The van der Waals surface area contributed by atoms with Gasteiger partial charge in [0.05, 0.1) is 23.7 Å². The summed E-state index contributed by atoms with van der Waals surface area (Å²) in [7, 11) is 0. The van der Waals surface area contributed by atoms with Gasteiger partial charge in [-0.25, -0.2) is 4.79 Å². The normalized spacial score (nSPS) is 14.2. The van der Waals surface area contributed by atoms with Gasteiger partial charge >= 0.3 is 5.97 Å². The summed E-state index contributed by atoms with van der Waals surface area (Å²) < 4.78 is 10.7. The Kier molecular flexibility index (Phi) is 7.72. The van der Waals surface area contributed by atoms with E-state index in [9.17, 15) is 14.9 Å². The van der Waals surface area contributed by atoms with Gasteiger partial charge in [-0.1, -0.05) is 12.1 Å². The third-order valence-electron chi connectivity index (χ3n) is 4.27. The molecule has 1 saturated heterocycles. The van der Waals surface area contributed by atoms with Gasteiger partial charge in [0.1, 0.15) is 5.75 Å². The highest BCUT2D eigenvalue weighted by molar-refractivity contribution is 5.91. The van der Waals surface area contributed by atoms with Crippen LogP contribution in [0, 0.1) is 10.1 Å². The molecule has 0 radical (unpaired) electrons. The molecule has 1 aliphatic rings. The maximum atomic E-state index is 12.1. The van der Waals surface area contributed by atoms with Crippen LogP contribution in [0.25, 0.3) is 0 Å².